The number of piperidine rings is 1. The second kappa shape index (κ2) is 7.44. The lowest BCUT2D eigenvalue weighted by atomic mass is 9.97. The van der Waals surface area contributed by atoms with Gasteiger partial charge >= 0.3 is 5.97 Å². The Morgan fingerprint density at radius 3 is 2.44 bits per heavy atom. The van der Waals surface area contributed by atoms with Crippen LogP contribution in [0.5, 0.6) is 0 Å². The number of sulfonamides is 1. The van der Waals surface area contributed by atoms with Crippen molar-refractivity contribution in [2.75, 3.05) is 13.1 Å². The lowest BCUT2D eigenvalue weighted by Crippen LogP contribution is -2.46. The van der Waals surface area contributed by atoms with Gasteiger partial charge in [-0.1, -0.05) is 0 Å². The van der Waals surface area contributed by atoms with Gasteiger partial charge in [0.2, 0.25) is 15.9 Å². The maximum absolute atomic E-state index is 13.8. The molecule has 1 atom stereocenters. The molecule has 1 aliphatic rings. The molecule has 7 nitrogen and oxygen atoms in total. The van der Waals surface area contributed by atoms with Crippen molar-refractivity contribution in [2.24, 2.45) is 5.92 Å². The first-order chi connectivity index (χ1) is 11.6. The third-order valence-electron chi connectivity index (χ3n) is 4.06. The first kappa shape index (κ1) is 19.3. The molecular formula is C15H18F2N2O5S. The smallest absolute Gasteiger partial charge is 0.325 e. The van der Waals surface area contributed by atoms with Crippen molar-refractivity contribution in [3.63, 3.8) is 0 Å². The molecule has 1 heterocycles. The van der Waals surface area contributed by atoms with Crippen LogP contribution in [0.1, 0.15) is 19.8 Å². The monoisotopic (exact) mass is 376 g/mol. The van der Waals surface area contributed by atoms with E-state index in [9.17, 15) is 26.8 Å². The van der Waals surface area contributed by atoms with Crippen LogP contribution in [0.25, 0.3) is 0 Å². The number of hydrogen-bond donors (Lipinski definition) is 2. The van der Waals surface area contributed by atoms with Crippen LogP contribution < -0.4 is 5.32 Å². The van der Waals surface area contributed by atoms with Gasteiger partial charge in [-0.25, -0.2) is 17.2 Å². The van der Waals surface area contributed by atoms with E-state index in [0.29, 0.717) is 6.07 Å². The number of halogens is 2. The Hall–Kier alpha value is -2.07. The maximum Gasteiger partial charge on any atom is 0.325 e. The van der Waals surface area contributed by atoms with Gasteiger partial charge in [0.15, 0.2) is 0 Å². The standard InChI is InChI=1S/C15H18F2N2O5S/c1-9(15(21)22)18-14(20)10-4-6-19(7-5-10)25(23,24)13-8-11(16)2-3-12(13)17/h2-3,8-10H,4-7H2,1H3,(H,18,20)(H,21,22)/t9-/m0/s1. The van der Waals surface area contributed by atoms with Gasteiger partial charge < -0.3 is 10.4 Å². The third kappa shape index (κ3) is 4.31. The summed E-state index contributed by atoms with van der Waals surface area (Å²) in [5.41, 5.74) is 0. The third-order valence-corrected chi connectivity index (χ3v) is 5.98. The molecule has 1 saturated heterocycles. The topological polar surface area (TPSA) is 104 Å². The average molecular weight is 376 g/mol. The van der Waals surface area contributed by atoms with E-state index in [-0.39, 0.29) is 25.9 Å². The molecule has 1 aromatic carbocycles. The predicted octanol–water partition coefficient (Wildman–Crippen LogP) is 0.955. The quantitative estimate of drug-likeness (QED) is 0.797. The first-order valence-electron chi connectivity index (χ1n) is 7.61. The number of benzene rings is 1. The molecule has 0 saturated carbocycles. The second-order valence-corrected chi connectivity index (χ2v) is 7.73. The van der Waals surface area contributed by atoms with Gasteiger partial charge in [0.25, 0.3) is 0 Å². The van der Waals surface area contributed by atoms with E-state index in [0.717, 1.165) is 16.4 Å². The molecule has 2 rings (SSSR count). The summed E-state index contributed by atoms with van der Waals surface area (Å²) in [6.45, 7) is 1.24. The summed E-state index contributed by atoms with van der Waals surface area (Å²) in [6, 6.07) is 1.15. The number of hydrogen-bond acceptors (Lipinski definition) is 4. The summed E-state index contributed by atoms with van der Waals surface area (Å²) in [6.07, 6.45) is 0.322. The summed E-state index contributed by atoms with van der Waals surface area (Å²) in [5, 5.41) is 11.1. The number of nitrogens with one attached hydrogen (secondary N) is 1. The lowest BCUT2D eigenvalue weighted by molar-refractivity contribution is -0.142. The van der Waals surface area contributed by atoms with Crippen LogP contribution in [0.4, 0.5) is 8.78 Å². The zero-order chi connectivity index (χ0) is 18.8. The SMILES string of the molecule is C[C@H](NC(=O)C1CCN(S(=O)(=O)c2cc(F)ccc2F)CC1)C(=O)O. The Labute approximate surface area is 143 Å². The number of rotatable bonds is 5. The highest BCUT2D eigenvalue weighted by atomic mass is 32.2. The molecule has 25 heavy (non-hydrogen) atoms. The summed E-state index contributed by atoms with van der Waals surface area (Å²) in [5.74, 6) is -4.09. The van der Waals surface area contributed by atoms with Gasteiger partial charge in [0.05, 0.1) is 0 Å². The van der Waals surface area contributed by atoms with Gasteiger partial charge in [-0.15, -0.1) is 0 Å². The van der Waals surface area contributed by atoms with Gasteiger partial charge in [0.1, 0.15) is 22.6 Å². The minimum atomic E-state index is -4.21. The van der Waals surface area contributed by atoms with Crippen LogP contribution in [0.3, 0.4) is 0 Å². The molecule has 2 N–H and O–H groups in total. The fourth-order valence-corrected chi connectivity index (χ4v) is 4.11. The van der Waals surface area contributed by atoms with Gasteiger partial charge in [-0.2, -0.15) is 4.31 Å². The summed E-state index contributed by atoms with van der Waals surface area (Å²) in [7, 11) is -4.21. The molecule has 1 amide bonds. The largest absolute Gasteiger partial charge is 0.480 e. The lowest BCUT2D eigenvalue weighted by Gasteiger charge is -2.31. The van der Waals surface area contributed by atoms with E-state index >= 15 is 0 Å². The highest BCUT2D eigenvalue weighted by Gasteiger charge is 2.34. The molecule has 1 aromatic rings. The number of carbonyl (C=O) groups excluding carboxylic acids is 1. The van der Waals surface area contributed by atoms with Crippen molar-refractivity contribution in [3.8, 4) is 0 Å². The molecule has 0 radical (unpaired) electrons. The Kier molecular flexibility index (Phi) is 5.73. The van der Waals surface area contributed by atoms with Crippen molar-refractivity contribution >= 4 is 21.9 Å². The van der Waals surface area contributed by atoms with Crippen LogP contribution in [0.2, 0.25) is 0 Å². The minimum Gasteiger partial charge on any atom is -0.480 e. The van der Waals surface area contributed by atoms with E-state index in [4.69, 9.17) is 5.11 Å². The van der Waals surface area contributed by atoms with Crippen molar-refractivity contribution in [1.29, 1.82) is 0 Å². The zero-order valence-corrected chi connectivity index (χ0v) is 14.2. The average Bonchev–Trinajstić information content (AvgIpc) is 2.56. The molecule has 1 fully saturated rings. The van der Waals surface area contributed by atoms with Crippen LogP contribution >= 0.6 is 0 Å². The number of nitrogens with zero attached hydrogens (tertiary/aromatic N) is 1. The second-order valence-electron chi connectivity index (χ2n) is 5.82. The summed E-state index contributed by atoms with van der Waals surface area (Å²) >= 11 is 0. The molecule has 10 heteroatoms. The molecular weight excluding hydrogens is 358 g/mol. The maximum atomic E-state index is 13.8. The predicted molar refractivity (Wildman–Crippen MR) is 83.1 cm³/mol. The van der Waals surface area contributed by atoms with Crippen molar-refractivity contribution in [3.05, 3.63) is 29.8 Å². The van der Waals surface area contributed by atoms with Gasteiger partial charge in [-0.05, 0) is 38.0 Å². The van der Waals surface area contributed by atoms with Gasteiger partial charge in [0, 0.05) is 19.0 Å². The number of aliphatic carboxylic acids is 1. The number of carboxylic acid groups (broad SMARTS) is 1. The van der Waals surface area contributed by atoms with Gasteiger partial charge in [-0.3, -0.25) is 9.59 Å². The molecule has 0 spiro atoms. The van der Waals surface area contributed by atoms with Crippen LogP contribution in [0, 0.1) is 17.6 Å². The summed E-state index contributed by atoms with van der Waals surface area (Å²) in [4.78, 5) is 22.0. The van der Waals surface area contributed by atoms with Crippen LogP contribution in [-0.2, 0) is 19.6 Å². The molecule has 0 unspecified atom stereocenters. The van der Waals surface area contributed by atoms with E-state index < -0.39 is 50.4 Å². The highest BCUT2D eigenvalue weighted by Crippen LogP contribution is 2.26. The highest BCUT2D eigenvalue weighted by molar-refractivity contribution is 7.89. The Balaban J connectivity index is 2.05. The Morgan fingerprint density at radius 2 is 1.88 bits per heavy atom. The minimum absolute atomic E-state index is 0.0438. The van der Waals surface area contributed by atoms with E-state index in [2.05, 4.69) is 5.32 Å². The van der Waals surface area contributed by atoms with E-state index in [1.807, 2.05) is 0 Å². The Bertz CT molecular complexity index is 776. The Morgan fingerprint density at radius 1 is 1.28 bits per heavy atom. The molecule has 138 valence electrons. The fourth-order valence-electron chi connectivity index (χ4n) is 2.57. The van der Waals surface area contributed by atoms with Crippen molar-refractivity contribution < 1.29 is 31.9 Å². The number of amides is 1. The molecule has 0 aliphatic carbocycles. The molecule has 1 aliphatic heterocycles. The van der Waals surface area contributed by atoms with Crippen LogP contribution in [-0.4, -0.2) is 48.8 Å². The van der Waals surface area contributed by atoms with Crippen molar-refractivity contribution in [1.82, 2.24) is 9.62 Å². The van der Waals surface area contributed by atoms with E-state index in [1.165, 1.54) is 6.92 Å². The van der Waals surface area contributed by atoms with Crippen molar-refractivity contribution in [2.45, 2.75) is 30.7 Å². The summed E-state index contributed by atoms with van der Waals surface area (Å²) < 4.78 is 52.9. The first-order valence-corrected chi connectivity index (χ1v) is 9.05. The van der Waals surface area contributed by atoms with Crippen LogP contribution in [0.15, 0.2) is 23.1 Å². The molecule has 0 aromatic heterocycles. The van der Waals surface area contributed by atoms with E-state index in [1.54, 1.807) is 0 Å². The molecule has 0 bridgehead atoms. The zero-order valence-electron chi connectivity index (χ0n) is 13.4. The normalized spacial score (nSPS) is 17.9. The number of carboxylic acids is 1. The fraction of sp³-hybridized carbons (Fsp3) is 0.467. The number of carbonyl (C=O) groups is 2.